The van der Waals surface area contributed by atoms with Gasteiger partial charge in [-0.15, -0.1) is 0 Å². The highest BCUT2D eigenvalue weighted by molar-refractivity contribution is 7.89. The largest absolute Gasteiger partial charge is 0.385 e. The summed E-state index contributed by atoms with van der Waals surface area (Å²) in [7, 11) is -0.166. The van der Waals surface area contributed by atoms with Gasteiger partial charge < -0.3 is 10.7 Å². The maximum atomic E-state index is 12.9. The summed E-state index contributed by atoms with van der Waals surface area (Å²) >= 11 is 5.43. The number of hydrogen-bond donors (Lipinski definition) is 2. The number of nitrogens with two attached hydrogens (primary N) is 1. The number of nitrogens with zero attached hydrogens (tertiary/aromatic N) is 3. The van der Waals surface area contributed by atoms with Crippen molar-refractivity contribution < 1.29 is 8.42 Å². The monoisotopic (exact) mass is 431 g/mol. The lowest BCUT2D eigenvalue weighted by molar-refractivity contribution is 0.346. The third kappa shape index (κ3) is 4.31. The second kappa shape index (κ2) is 8.98. The van der Waals surface area contributed by atoms with Crippen molar-refractivity contribution in [1.82, 2.24) is 9.29 Å². The first-order valence-electron chi connectivity index (χ1n) is 9.40. The van der Waals surface area contributed by atoms with Crippen LogP contribution in [0.3, 0.4) is 0 Å². The second-order valence-electron chi connectivity index (χ2n) is 6.83. The van der Waals surface area contributed by atoms with E-state index >= 15 is 0 Å². The molecule has 1 saturated heterocycles. The van der Waals surface area contributed by atoms with Crippen LogP contribution in [-0.2, 0) is 10.0 Å². The molecule has 9 heteroatoms. The van der Waals surface area contributed by atoms with Gasteiger partial charge in [-0.25, -0.2) is 8.42 Å². The van der Waals surface area contributed by atoms with Crippen LogP contribution in [0.5, 0.6) is 0 Å². The molecule has 0 atom stereocenters. The highest BCUT2D eigenvalue weighted by Crippen LogP contribution is 2.31. The van der Waals surface area contributed by atoms with Crippen LogP contribution in [0.25, 0.3) is 11.1 Å². The fraction of sp³-hybridized carbons (Fsp3) is 0.350. The summed E-state index contributed by atoms with van der Waals surface area (Å²) in [5.74, 6) is 0.397. The number of piperidine rings is 1. The number of hydrogen-bond acceptors (Lipinski definition) is 6. The van der Waals surface area contributed by atoms with Gasteiger partial charge in [0.15, 0.2) is 0 Å². The van der Waals surface area contributed by atoms with Crippen LogP contribution in [-0.4, -0.2) is 57.3 Å². The molecule has 0 unspecified atom stereocenters. The summed E-state index contributed by atoms with van der Waals surface area (Å²) in [6, 6.07) is 6.82. The molecule has 3 N–H and O–H groups in total. The molecule has 7 nitrogen and oxygen atoms in total. The van der Waals surface area contributed by atoms with Crippen molar-refractivity contribution in [2.24, 2.45) is 9.98 Å². The van der Waals surface area contributed by atoms with Crippen LogP contribution in [0, 0.1) is 4.64 Å². The Bertz CT molecular complexity index is 1100. The number of pyridine rings is 1. The zero-order valence-corrected chi connectivity index (χ0v) is 18.2. The molecule has 3 rings (SSSR count). The normalized spacial score (nSPS) is 16.1. The zero-order chi connectivity index (χ0) is 21.0. The van der Waals surface area contributed by atoms with Gasteiger partial charge in [0.1, 0.15) is 10.5 Å². The van der Waals surface area contributed by atoms with Crippen LogP contribution in [0.15, 0.2) is 39.1 Å². The van der Waals surface area contributed by atoms with E-state index in [1.165, 1.54) is 0 Å². The van der Waals surface area contributed by atoms with Gasteiger partial charge in [0.25, 0.3) is 0 Å². The van der Waals surface area contributed by atoms with Gasteiger partial charge in [-0.1, -0.05) is 30.8 Å². The quantitative estimate of drug-likeness (QED) is 0.560. The standard InChI is InChI=1S/C20H25N5O2S2/c1-22-12-16-18(17(13-23-2)20(28)24-19(16)21)14-6-8-15(9-7-14)29(26,27)25-10-4-3-5-11-25/h6-9,12-13H,3-5,10-11H2,1-2H3,(H3,21,24,28). The maximum Gasteiger partial charge on any atom is 0.243 e. The average molecular weight is 432 g/mol. The molecule has 0 bridgehead atoms. The predicted octanol–water partition coefficient (Wildman–Crippen LogP) is 3.27. The second-order valence-corrected chi connectivity index (χ2v) is 9.18. The van der Waals surface area contributed by atoms with Crippen molar-refractivity contribution >= 4 is 40.5 Å². The lowest BCUT2D eigenvalue weighted by Gasteiger charge is -2.26. The number of aromatic amines is 1. The van der Waals surface area contributed by atoms with Crippen molar-refractivity contribution in [3.8, 4) is 11.1 Å². The van der Waals surface area contributed by atoms with Crippen molar-refractivity contribution in [1.29, 1.82) is 0 Å². The molecule has 0 amide bonds. The fourth-order valence-electron chi connectivity index (χ4n) is 3.52. The smallest absolute Gasteiger partial charge is 0.243 e. The third-order valence-corrected chi connectivity index (χ3v) is 7.17. The average Bonchev–Trinajstić information content (AvgIpc) is 2.72. The highest BCUT2D eigenvalue weighted by atomic mass is 32.2. The summed E-state index contributed by atoms with van der Waals surface area (Å²) in [6.45, 7) is 1.14. The summed E-state index contributed by atoms with van der Waals surface area (Å²) in [6.07, 6.45) is 6.20. The zero-order valence-electron chi connectivity index (χ0n) is 16.6. The molecule has 0 aliphatic carbocycles. The first-order valence-corrected chi connectivity index (χ1v) is 11.3. The molecule has 1 aromatic carbocycles. The Morgan fingerprint density at radius 1 is 1.03 bits per heavy atom. The molecule has 0 radical (unpaired) electrons. The van der Waals surface area contributed by atoms with Crippen LogP contribution < -0.4 is 5.73 Å². The van der Waals surface area contributed by atoms with E-state index in [0.29, 0.717) is 34.7 Å². The molecular formula is C20H25N5O2S2. The molecule has 1 fully saturated rings. The summed E-state index contributed by atoms with van der Waals surface area (Å²) < 4.78 is 27.9. The Labute approximate surface area is 176 Å². The lowest BCUT2D eigenvalue weighted by atomic mass is 9.96. The van der Waals surface area contributed by atoms with E-state index in [1.54, 1.807) is 55.1 Å². The number of H-pyrrole nitrogens is 1. The molecule has 154 valence electrons. The van der Waals surface area contributed by atoms with E-state index < -0.39 is 10.0 Å². The van der Waals surface area contributed by atoms with Gasteiger partial charge in [0.05, 0.1) is 4.90 Å². The summed E-state index contributed by atoms with van der Waals surface area (Å²) in [5.41, 5.74) is 9.10. The molecule has 29 heavy (non-hydrogen) atoms. The number of aliphatic imine (C=N–C) groups is 2. The van der Waals surface area contributed by atoms with E-state index in [1.807, 2.05) is 0 Å². The molecule has 2 aromatic rings. The predicted molar refractivity (Wildman–Crippen MR) is 121 cm³/mol. The SMILES string of the molecule is CN=Cc1c(N)[nH]c(=S)c(C=NC)c1-c1ccc(S(=O)(=O)N2CCCCC2)cc1. The Balaban J connectivity index is 2.11. The van der Waals surface area contributed by atoms with Gasteiger partial charge in [0.2, 0.25) is 10.0 Å². The number of aromatic nitrogens is 1. The van der Waals surface area contributed by atoms with Gasteiger partial charge in [-0.3, -0.25) is 9.98 Å². The number of rotatable bonds is 5. The highest BCUT2D eigenvalue weighted by Gasteiger charge is 2.26. The third-order valence-electron chi connectivity index (χ3n) is 4.93. The first kappa shape index (κ1) is 21.4. The van der Waals surface area contributed by atoms with Gasteiger partial charge in [0, 0.05) is 56.3 Å². The van der Waals surface area contributed by atoms with Crippen molar-refractivity contribution in [3.63, 3.8) is 0 Å². The van der Waals surface area contributed by atoms with E-state index in [4.69, 9.17) is 18.0 Å². The number of anilines is 1. The van der Waals surface area contributed by atoms with E-state index in [0.717, 1.165) is 30.4 Å². The number of benzene rings is 1. The Kier molecular flexibility index (Phi) is 6.61. The van der Waals surface area contributed by atoms with Crippen LogP contribution in [0.1, 0.15) is 30.4 Å². The number of sulfonamides is 1. The number of nitrogens with one attached hydrogen (secondary N) is 1. The van der Waals surface area contributed by atoms with E-state index in [-0.39, 0.29) is 4.90 Å². The molecule has 1 aliphatic rings. The van der Waals surface area contributed by atoms with Crippen LogP contribution in [0.4, 0.5) is 5.82 Å². The Morgan fingerprint density at radius 2 is 1.62 bits per heavy atom. The molecular weight excluding hydrogens is 406 g/mol. The molecule has 0 spiro atoms. The minimum atomic E-state index is -3.49. The number of nitrogen functional groups attached to an aromatic ring is 1. The Morgan fingerprint density at radius 3 is 2.21 bits per heavy atom. The molecule has 2 heterocycles. The fourth-order valence-corrected chi connectivity index (χ4v) is 5.31. The topological polar surface area (TPSA) is 104 Å². The van der Waals surface area contributed by atoms with E-state index in [2.05, 4.69) is 15.0 Å². The van der Waals surface area contributed by atoms with Gasteiger partial charge >= 0.3 is 0 Å². The van der Waals surface area contributed by atoms with Crippen molar-refractivity contribution in [2.45, 2.75) is 24.2 Å². The minimum Gasteiger partial charge on any atom is -0.385 e. The first-order chi connectivity index (χ1) is 13.9. The molecule has 0 saturated carbocycles. The van der Waals surface area contributed by atoms with Crippen molar-refractivity contribution in [2.75, 3.05) is 32.9 Å². The van der Waals surface area contributed by atoms with Crippen LogP contribution >= 0.6 is 12.2 Å². The van der Waals surface area contributed by atoms with Crippen LogP contribution in [0.2, 0.25) is 0 Å². The van der Waals surface area contributed by atoms with Gasteiger partial charge in [-0.2, -0.15) is 4.31 Å². The van der Waals surface area contributed by atoms with E-state index in [9.17, 15) is 8.42 Å². The maximum absolute atomic E-state index is 12.9. The van der Waals surface area contributed by atoms with Crippen molar-refractivity contribution in [3.05, 3.63) is 40.0 Å². The lowest BCUT2D eigenvalue weighted by Crippen LogP contribution is -2.35. The molecule has 1 aromatic heterocycles. The minimum absolute atomic E-state index is 0.286. The Hall–Kier alpha value is -2.36. The van der Waals surface area contributed by atoms with Gasteiger partial charge in [-0.05, 0) is 30.5 Å². The summed E-state index contributed by atoms with van der Waals surface area (Å²) in [4.78, 5) is 11.5. The molecule has 1 aliphatic heterocycles. The summed E-state index contributed by atoms with van der Waals surface area (Å²) in [5, 5.41) is 0.